The second-order valence-corrected chi connectivity index (χ2v) is 10.5. The number of nitrogens with zero attached hydrogens (tertiary/aromatic N) is 2. The Balaban J connectivity index is 0.00000198. The molecule has 2 aliphatic heterocycles. The van der Waals surface area contributed by atoms with Crippen LogP contribution in [0.25, 0.3) is 22.3 Å². The summed E-state index contributed by atoms with van der Waals surface area (Å²) in [6.45, 7) is 12.4. The fourth-order valence-electron chi connectivity index (χ4n) is 4.69. The smallest absolute Gasteiger partial charge is 0.407 e. The number of alkyl carbamates (subject to hydrolysis) is 1. The molecule has 3 N–H and O–H groups in total. The number of carboxylic acids is 1. The van der Waals surface area contributed by atoms with Gasteiger partial charge in [0.1, 0.15) is 24.6 Å². The summed E-state index contributed by atoms with van der Waals surface area (Å²) < 4.78 is 17.5. The van der Waals surface area contributed by atoms with E-state index in [0.29, 0.717) is 39.2 Å². The monoisotopic (exact) mass is 579 g/mol. The number of esters is 1. The van der Waals surface area contributed by atoms with Crippen LogP contribution in [0.1, 0.15) is 63.0 Å². The number of rotatable bonds is 6. The van der Waals surface area contributed by atoms with Crippen molar-refractivity contribution in [3.8, 4) is 17.1 Å². The van der Waals surface area contributed by atoms with Crippen LogP contribution in [-0.2, 0) is 38.8 Å². The Labute approximate surface area is 241 Å². The minimum Gasteiger partial charge on any atom is -0.489 e. The molecule has 0 fully saturated rings. The molecule has 1 unspecified atom stereocenters. The van der Waals surface area contributed by atoms with Gasteiger partial charge in [-0.3, -0.25) is 4.79 Å². The number of aromatic nitrogens is 2. The van der Waals surface area contributed by atoms with Crippen LogP contribution in [0, 0.1) is 0 Å². The third kappa shape index (κ3) is 5.84. The van der Waals surface area contributed by atoms with Gasteiger partial charge in [-0.2, -0.15) is 0 Å². The van der Waals surface area contributed by atoms with Crippen molar-refractivity contribution >= 4 is 28.9 Å². The molecule has 2 aromatic heterocycles. The summed E-state index contributed by atoms with van der Waals surface area (Å²) in [7, 11) is 0. The van der Waals surface area contributed by atoms with Gasteiger partial charge in [0.25, 0.3) is 5.56 Å². The van der Waals surface area contributed by atoms with Crippen molar-refractivity contribution in [1.82, 2.24) is 14.9 Å². The number of cyclic esters (lactones) is 1. The van der Waals surface area contributed by atoms with Crippen LogP contribution >= 0.6 is 0 Å². The van der Waals surface area contributed by atoms with Gasteiger partial charge in [-0.25, -0.2) is 19.4 Å². The number of hydrogen-bond donors (Lipinski definition) is 3. The number of carboxylic acid groups (broad SMARTS) is 1. The summed E-state index contributed by atoms with van der Waals surface area (Å²) in [6.07, 6.45) is -2.22. The molecule has 3 aromatic rings. The van der Waals surface area contributed by atoms with Gasteiger partial charge in [-0.15, -0.1) is 0 Å². The summed E-state index contributed by atoms with van der Waals surface area (Å²) in [5, 5.41) is 22.8. The van der Waals surface area contributed by atoms with E-state index in [9.17, 15) is 24.3 Å². The lowest BCUT2D eigenvalue weighted by molar-refractivity contribution is -0.157. The third-order valence-corrected chi connectivity index (χ3v) is 6.57. The maximum absolute atomic E-state index is 13.4. The predicted molar refractivity (Wildman–Crippen MR) is 152 cm³/mol. The summed E-state index contributed by atoms with van der Waals surface area (Å²) in [4.78, 5) is 53.8. The standard InChI is InChI=1S/C28H27N3O9.C2H6/c1-13(25(34)35)11-38-14-5-6-20-15(7-14)17(9-29-27(37)40-28(2,3)4)18-10-31-21(22(18)30-20)8-16-19(24(31)33)12-39-26(36)23(16)32;1-2/h5-8,23,32H,1,9-12H2,2-4H3,(H,29,37)(H,34,35);1-2H3. The first-order valence-corrected chi connectivity index (χ1v) is 13.4. The molecule has 0 spiro atoms. The number of fused-ring (bicyclic) bond motifs is 5. The molecule has 2 aliphatic rings. The number of aliphatic hydroxyl groups excluding tert-OH is 1. The van der Waals surface area contributed by atoms with E-state index in [1.54, 1.807) is 45.0 Å². The normalized spacial score (nSPS) is 14.9. The molecular formula is C30H33N3O9. The lowest BCUT2D eigenvalue weighted by Crippen LogP contribution is -2.33. The van der Waals surface area contributed by atoms with Gasteiger partial charge in [-0.1, -0.05) is 20.4 Å². The van der Waals surface area contributed by atoms with E-state index in [-0.39, 0.29) is 43.0 Å². The predicted octanol–water partition coefficient (Wildman–Crippen LogP) is 3.59. The quantitative estimate of drug-likeness (QED) is 0.227. The number of carbonyl (C=O) groups excluding carboxylic acids is 2. The molecule has 12 heteroatoms. The Morgan fingerprint density at radius 2 is 1.90 bits per heavy atom. The van der Waals surface area contributed by atoms with E-state index < -0.39 is 35.3 Å². The van der Waals surface area contributed by atoms with Crippen molar-refractivity contribution in [2.24, 2.45) is 0 Å². The van der Waals surface area contributed by atoms with Crippen LogP contribution in [0.4, 0.5) is 4.79 Å². The summed E-state index contributed by atoms with van der Waals surface area (Å²) in [6, 6.07) is 6.55. The minimum absolute atomic E-state index is 0.0221. The molecule has 1 atom stereocenters. The van der Waals surface area contributed by atoms with Crippen LogP contribution in [0.2, 0.25) is 0 Å². The first kappa shape index (κ1) is 30.3. The van der Waals surface area contributed by atoms with E-state index in [4.69, 9.17) is 24.3 Å². The van der Waals surface area contributed by atoms with Crippen molar-refractivity contribution in [2.75, 3.05) is 6.61 Å². The maximum atomic E-state index is 13.4. The topological polar surface area (TPSA) is 166 Å². The average molecular weight is 580 g/mol. The molecule has 222 valence electrons. The zero-order valence-corrected chi connectivity index (χ0v) is 24.1. The van der Waals surface area contributed by atoms with Crippen LogP contribution in [-0.4, -0.2) is 50.0 Å². The number of benzene rings is 1. The fraction of sp³-hybridized carbons (Fsp3) is 0.367. The minimum atomic E-state index is -1.58. The molecule has 5 rings (SSSR count). The van der Waals surface area contributed by atoms with Gasteiger partial charge in [-0.05, 0) is 50.6 Å². The number of hydrogen-bond acceptors (Lipinski definition) is 9. The zero-order valence-electron chi connectivity index (χ0n) is 24.1. The second kappa shape index (κ2) is 11.6. The maximum Gasteiger partial charge on any atom is 0.407 e. The molecular weight excluding hydrogens is 546 g/mol. The van der Waals surface area contributed by atoms with E-state index in [2.05, 4.69) is 11.9 Å². The summed E-state index contributed by atoms with van der Waals surface area (Å²) in [5.74, 6) is -1.65. The van der Waals surface area contributed by atoms with E-state index in [1.165, 1.54) is 4.57 Å². The van der Waals surface area contributed by atoms with E-state index in [1.807, 2.05) is 13.8 Å². The summed E-state index contributed by atoms with van der Waals surface area (Å²) in [5.41, 5.74) is 1.81. The van der Waals surface area contributed by atoms with Crippen LogP contribution in [0.5, 0.6) is 5.75 Å². The molecule has 42 heavy (non-hydrogen) atoms. The lowest BCUT2D eigenvalue weighted by Gasteiger charge is -2.21. The molecule has 1 aromatic carbocycles. The van der Waals surface area contributed by atoms with Gasteiger partial charge >= 0.3 is 18.0 Å². The van der Waals surface area contributed by atoms with Gasteiger partial charge < -0.3 is 34.3 Å². The molecule has 12 nitrogen and oxygen atoms in total. The molecule has 0 saturated carbocycles. The van der Waals surface area contributed by atoms with E-state index >= 15 is 0 Å². The van der Waals surface area contributed by atoms with Crippen molar-refractivity contribution in [3.63, 3.8) is 0 Å². The molecule has 4 heterocycles. The zero-order chi connectivity index (χ0) is 30.9. The number of amides is 1. The van der Waals surface area contributed by atoms with Crippen molar-refractivity contribution in [1.29, 1.82) is 0 Å². The highest BCUT2D eigenvalue weighted by molar-refractivity contribution is 5.90. The van der Waals surface area contributed by atoms with Crippen molar-refractivity contribution < 1.29 is 38.8 Å². The van der Waals surface area contributed by atoms with Gasteiger partial charge in [0.05, 0.1) is 34.6 Å². The largest absolute Gasteiger partial charge is 0.489 e. The Kier molecular flexibility index (Phi) is 8.39. The van der Waals surface area contributed by atoms with Crippen molar-refractivity contribution in [3.05, 3.63) is 69.0 Å². The number of aliphatic carboxylic acids is 1. The van der Waals surface area contributed by atoms with E-state index in [0.717, 1.165) is 0 Å². The van der Waals surface area contributed by atoms with Gasteiger partial charge in [0.2, 0.25) is 0 Å². The van der Waals surface area contributed by atoms with Gasteiger partial charge in [0, 0.05) is 23.1 Å². The highest BCUT2D eigenvalue weighted by Crippen LogP contribution is 2.38. The lowest BCUT2D eigenvalue weighted by atomic mass is 9.98. The number of aliphatic hydroxyl groups is 1. The van der Waals surface area contributed by atoms with Crippen LogP contribution in [0.3, 0.4) is 0 Å². The Morgan fingerprint density at radius 3 is 2.57 bits per heavy atom. The molecule has 0 saturated heterocycles. The SMILES string of the molecule is C=C(COc1ccc2nc3c(c(CNC(=O)OC(C)(C)C)c2c1)Cn1c-3cc2c(c1=O)COC(=O)C2O)C(=O)O.CC. The number of carbonyl (C=O) groups is 3. The molecule has 1 amide bonds. The number of nitrogens with one attached hydrogen (secondary N) is 1. The summed E-state index contributed by atoms with van der Waals surface area (Å²) >= 11 is 0. The number of ether oxygens (including phenoxy) is 3. The highest BCUT2D eigenvalue weighted by atomic mass is 16.6. The van der Waals surface area contributed by atoms with Crippen LogP contribution in [0.15, 0.2) is 41.2 Å². The number of pyridine rings is 2. The van der Waals surface area contributed by atoms with Crippen LogP contribution < -0.4 is 15.6 Å². The van der Waals surface area contributed by atoms with Crippen molar-refractivity contribution in [2.45, 2.75) is 66.0 Å². The average Bonchev–Trinajstić information content (AvgIpc) is 3.30. The fourth-order valence-corrected chi connectivity index (χ4v) is 4.69. The first-order chi connectivity index (χ1) is 19.8. The molecule has 0 aliphatic carbocycles. The Bertz CT molecular complexity index is 1670. The first-order valence-electron chi connectivity index (χ1n) is 13.4. The second-order valence-electron chi connectivity index (χ2n) is 10.5. The highest BCUT2D eigenvalue weighted by Gasteiger charge is 2.35. The Hall–Kier alpha value is -4.71. The molecule has 0 bridgehead atoms. The third-order valence-electron chi connectivity index (χ3n) is 6.57. The van der Waals surface area contributed by atoms with Gasteiger partial charge in [0.15, 0.2) is 6.10 Å². The Morgan fingerprint density at radius 1 is 1.19 bits per heavy atom. The molecule has 0 radical (unpaired) electrons.